The van der Waals surface area contributed by atoms with Gasteiger partial charge >= 0.3 is 0 Å². The van der Waals surface area contributed by atoms with Crippen LogP contribution in [0.4, 0.5) is 10.1 Å². The summed E-state index contributed by atoms with van der Waals surface area (Å²) in [7, 11) is 0. The van der Waals surface area contributed by atoms with Gasteiger partial charge in [0.15, 0.2) is 0 Å². The first-order chi connectivity index (χ1) is 16.5. The third-order valence-corrected chi connectivity index (χ3v) is 8.31. The normalized spacial score (nSPS) is 19.3. The second-order valence-electron chi connectivity index (χ2n) is 8.07. The van der Waals surface area contributed by atoms with Gasteiger partial charge in [0.25, 0.3) is 17.7 Å². The van der Waals surface area contributed by atoms with Crippen molar-refractivity contribution in [3.8, 4) is 0 Å². The Balaban J connectivity index is 1.65. The van der Waals surface area contributed by atoms with E-state index in [1.54, 1.807) is 31.2 Å². The Bertz CT molecular complexity index is 1430. The minimum atomic E-state index is -1.30. The van der Waals surface area contributed by atoms with Crippen LogP contribution in [-0.2, 0) is 4.79 Å². The topological polar surface area (TPSA) is 57.7 Å². The van der Waals surface area contributed by atoms with E-state index in [0.29, 0.717) is 16.3 Å². The summed E-state index contributed by atoms with van der Waals surface area (Å²) in [5.41, 5.74) is 1.11. The molecule has 3 aromatic rings. The van der Waals surface area contributed by atoms with Gasteiger partial charge in [0.2, 0.25) is 0 Å². The molecule has 0 bridgehead atoms. The molecular formula is C24H12Cl5FN2O3. The van der Waals surface area contributed by atoms with Crippen LogP contribution in [0, 0.1) is 12.7 Å². The van der Waals surface area contributed by atoms with Crippen LogP contribution in [0.5, 0.6) is 0 Å². The van der Waals surface area contributed by atoms with Crippen molar-refractivity contribution in [3.63, 3.8) is 0 Å². The lowest BCUT2D eigenvalue weighted by atomic mass is 9.86. The summed E-state index contributed by atoms with van der Waals surface area (Å²) < 4.78 is 14.2. The summed E-state index contributed by atoms with van der Waals surface area (Å²) in [4.78, 5) is 42.4. The molecule has 2 atom stereocenters. The van der Waals surface area contributed by atoms with E-state index in [1.165, 1.54) is 23.1 Å². The molecule has 0 aliphatic carbocycles. The number of fused-ring (bicyclic) bond motifs is 1. The summed E-state index contributed by atoms with van der Waals surface area (Å²) in [5, 5.41) is -0.433. The molecule has 3 aromatic carbocycles. The molecule has 0 radical (unpaired) electrons. The maximum absolute atomic E-state index is 14.2. The molecule has 11 heteroatoms. The molecule has 0 aromatic heterocycles. The van der Waals surface area contributed by atoms with Crippen LogP contribution in [0.3, 0.4) is 0 Å². The van der Waals surface area contributed by atoms with Crippen molar-refractivity contribution >= 4 is 81.4 Å². The van der Waals surface area contributed by atoms with Gasteiger partial charge in [-0.2, -0.15) is 0 Å². The van der Waals surface area contributed by atoms with Crippen LogP contribution in [0.25, 0.3) is 0 Å². The van der Waals surface area contributed by atoms with Crippen molar-refractivity contribution in [2.45, 2.75) is 19.0 Å². The molecular weight excluding hydrogens is 561 g/mol. The lowest BCUT2D eigenvalue weighted by Gasteiger charge is -2.49. The van der Waals surface area contributed by atoms with Gasteiger partial charge in [-0.25, -0.2) is 4.39 Å². The Morgan fingerprint density at radius 1 is 0.743 bits per heavy atom. The molecule has 2 heterocycles. The Kier molecular flexibility index (Phi) is 6.01. The molecule has 5 rings (SSSR count). The molecule has 0 spiro atoms. The van der Waals surface area contributed by atoms with Gasteiger partial charge in [0.05, 0.1) is 37.3 Å². The monoisotopic (exact) mass is 570 g/mol. The average molecular weight is 573 g/mol. The van der Waals surface area contributed by atoms with Gasteiger partial charge < -0.3 is 4.90 Å². The zero-order valence-corrected chi connectivity index (χ0v) is 21.4. The number of anilines is 1. The van der Waals surface area contributed by atoms with E-state index in [0.717, 1.165) is 10.5 Å². The number of carbonyl (C=O) groups is 3. The molecule has 0 unspecified atom stereocenters. The standard InChI is InChI=1S/C24H12Cl5FN2O3/c1-9-5-6-12(8-13(9)25)31-20(10-3-2-4-11(30)7-10)21(24(31)35)32-22(33)14-15(23(32)34)17(27)19(29)18(28)16(14)26/h2-8,20-21H,1H3/t20-,21+/m0/s1. The number of hydrogen-bond acceptors (Lipinski definition) is 3. The summed E-state index contributed by atoms with van der Waals surface area (Å²) in [6, 6.07) is 8.35. The smallest absolute Gasteiger partial charge is 0.264 e. The van der Waals surface area contributed by atoms with Crippen molar-refractivity contribution in [2.75, 3.05) is 4.90 Å². The van der Waals surface area contributed by atoms with E-state index >= 15 is 0 Å². The highest BCUT2D eigenvalue weighted by atomic mass is 35.5. The van der Waals surface area contributed by atoms with Crippen LogP contribution in [0.1, 0.15) is 37.9 Å². The number of carbonyl (C=O) groups excluding carboxylic acids is 3. The van der Waals surface area contributed by atoms with Crippen molar-refractivity contribution in [3.05, 3.63) is 95.6 Å². The van der Waals surface area contributed by atoms with Crippen molar-refractivity contribution in [2.24, 2.45) is 0 Å². The first-order valence-electron chi connectivity index (χ1n) is 10.1. The largest absolute Gasteiger partial charge is 0.300 e. The van der Waals surface area contributed by atoms with Crippen molar-refractivity contribution < 1.29 is 18.8 Å². The van der Waals surface area contributed by atoms with Crippen molar-refractivity contribution in [1.29, 1.82) is 0 Å². The number of halogens is 6. The molecule has 3 amide bonds. The lowest BCUT2D eigenvalue weighted by Crippen LogP contribution is -2.67. The van der Waals surface area contributed by atoms with E-state index in [2.05, 4.69) is 0 Å². The second kappa shape index (κ2) is 8.64. The zero-order valence-electron chi connectivity index (χ0n) is 17.6. The van der Waals surface area contributed by atoms with Crippen LogP contribution in [-0.4, -0.2) is 28.7 Å². The SMILES string of the molecule is Cc1ccc(N2C(=O)[C@H](N3C(=O)c4c(Cl)c(Cl)c(Cl)c(Cl)c4C3=O)[C@@H]2c2cccc(F)c2)cc1Cl. The Morgan fingerprint density at radius 3 is 1.89 bits per heavy atom. The average Bonchev–Trinajstić information content (AvgIpc) is 3.07. The number of aryl methyl sites for hydroxylation is 1. The molecule has 1 saturated heterocycles. The number of imide groups is 1. The molecule has 35 heavy (non-hydrogen) atoms. The van der Waals surface area contributed by atoms with Gasteiger partial charge in [-0.05, 0) is 42.3 Å². The highest BCUT2D eigenvalue weighted by Gasteiger charge is 2.58. The molecule has 1 fully saturated rings. The molecule has 178 valence electrons. The van der Waals surface area contributed by atoms with Gasteiger partial charge in [0.1, 0.15) is 11.9 Å². The number of rotatable bonds is 3. The summed E-state index contributed by atoms with van der Waals surface area (Å²) in [6.07, 6.45) is 0. The van der Waals surface area contributed by atoms with Crippen molar-refractivity contribution in [1.82, 2.24) is 4.90 Å². The Labute approximate surface area is 223 Å². The minimum Gasteiger partial charge on any atom is -0.300 e. The maximum atomic E-state index is 14.2. The van der Waals surface area contributed by atoms with Gasteiger partial charge in [-0.1, -0.05) is 76.2 Å². The quantitative estimate of drug-likeness (QED) is 0.145. The third-order valence-electron chi connectivity index (χ3n) is 6.10. The molecule has 0 saturated carbocycles. The molecule has 2 aliphatic rings. The lowest BCUT2D eigenvalue weighted by molar-refractivity contribution is -0.130. The summed E-state index contributed by atoms with van der Waals surface area (Å²) >= 11 is 30.9. The first-order valence-corrected chi connectivity index (χ1v) is 12.0. The van der Waals surface area contributed by atoms with Gasteiger partial charge in [-0.3, -0.25) is 19.3 Å². The van der Waals surface area contributed by atoms with E-state index in [4.69, 9.17) is 58.0 Å². The van der Waals surface area contributed by atoms with E-state index in [1.807, 2.05) is 0 Å². The van der Waals surface area contributed by atoms with E-state index in [-0.39, 0.29) is 31.2 Å². The number of hydrogen-bond donors (Lipinski definition) is 0. The first kappa shape index (κ1) is 24.3. The third kappa shape index (κ3) is 3.54. The molecule has 5 nitrogen and oxygen atoms in total. The van der Waals surface area contributed by atoms with Crippen LogP contribution < -0.4 is 4.90 Å². The fourth-order valence-electron chi connectivity index (χ4n) is 4.39. The predicted molar refractivity (Wildman–Crippen MR) is 134 cm³/mol. The Hall–Kier alpha value is -2.35. The number of nitrogens with zero attached hydrogens (tertiary/aromatic N) is 2. The van der Waals surface area contributed by atoms with E-state index in [9.17, 15) is 18.8 Å². The van der Waals surface area contributed by atoms with Crippen LogP contribution in [0.15, 0.2) is 42.5 Å². The van der Waals surface area contributed by atoms with Gasteiger partial charge in [0, 0.05) is 10.7 Å². The Morgan fingerprint density at radius 2 is 1.34 bits per heavy atom. The van der Waals surface area contributed by atoms with Crippen LogP contribution in [0.2, 0.25) is 25.1 Å². The molecule has 0 N–H and O–H groups in total. The van der Waals surface area contributed by atoms with Crippen LogP contribution >= 0.6 is 58.0 Å². The highest BCUT2D eigenvalue weighted by molar-refractivity contribution is 6.55. The number of amides is 3. The summed E-state index contributed by atoms with van der Waals surface area (Å²) in [6.45, 7) is 1.80. The highest BCUT2D eigenvalue weighted by Crippen LogP contribution is 2.49. The predicted octanol–water partition coefficient (Wildman–Crippen LogP) is 7.15. The maximum Gasteiger partial charge on any atom is 0.264 e. The number of β-lactam (4-membered cyclic amide) rings is 1. The summed E-state index contributed by atoms with van der Waals surface area (Å²) in [5.74, 6) is -2.82. The van der Waals surface area contributed by atoms with E-state index < -0.39 is 35.6 Å². The number of benzene rings is 3. The fraction of sp³-hybridized carbons (Fsp3) is 0.125. The second-order valence-corrected chi connectivity index (χ2v) is 9.99. The minimum absolute atomic E-state index is 0.183. The van der Waals surface area contributed by atoms with Gasteiger partial charge in [-0.15, -0.1) is 0 Å². The molecule has 2 aliphatic heterocycles. The fourth-order valence-corrected chi connectivity index (χ4v) is 5.57. The zero-order chi connectivity index (χ0) is 25.3.